The van der Waals surface area contributed by atoms with Gasteiger partial charge in [-0.25, -0.2) is 4.99 Å². The zero-order chi connectivity index (χ0) is 12.4. The summed E-state index contributed by atoms with van der Waals surface area (Å²) in [5.41, 5.74) is 7.58. The third-order valence-electron chi connectivity index (χ3n) is 2.50. The van der Waals surface area contributed by atoms with Crippen molar-refractivity contribution in [3.05, 3.63) is 34.9 Å². The van der Waals surface area contributed by atoms with Gasteiger partial charge in [-0.1, -0.05) is 26.0 Å². The first-order valence-corrected chi connectivity index (χ1v) is 6.25. The van der Waals surface area contributed by atoms with E-state index < -0.39 is 0 Å². The van der Waals surface area contributed by atoms with E-state index in [0.29, 0.717) is 5.84 Å². The van der Waals surface area contributed by atoms with E-state index in [4.69, 9.17) is 5.73 Å². The van der Waals surface area contributed by atoms with Crippen LogP contribution >= 0.6 is 15.9 Å². The second kappa shape index (κ2) is 4.84. The molecule has 1 aromatic carbocycles. The van der Waals surface area contributed by atoms with Crippen LogP contribution in [0, 0.1) is 5.92 Å². The van der Waals surface area contributed by atoms with Crippen LogP contribution in [0.15, 0.2) is 39.9 Å². The van der Waals surface area contributed by atoms with Gasteiger partial charge in [-0.2, -0.15) is 0 Å². The maximum absolute atomic E-state index is 5.88. The van der Waals surface area contributed by atoms with Gasteiger partial charge in [-0.05, 0) is 28.1 Å². The normalized spacial score (nSPS) is 12.4. The van der Waals surface area contributed by atoms with Gasteiger partial charge in [0.25, 0.3) is 0 Å². The van der Waals surface area contributed by atoms with Crippen LogP contribution < -0.4 is 5.73 Å². The van der Waals surface area contributed by atoms with Crippen molar-refractivity contribution in [2.75, 3.05) is 0 Å². The molecule has 88 valence electrons. The van der Waals surface area contributed by atoms with Crippen molar-refractivity contribution in [2.24, 2.45) is 16.6 Å². The molecule has 0 spiro atoms. The molecule has 17 heavy (non-hydrogen) atoms. The summed E-state index contributed by atoms with van der Waals surface area (Å²) >= 11 is 3.41. The number of nitrogens with two attached hydrogens (primary N) is 1. The lowest BCUT2D eigenvalue weighted by molar-refractivity contribution is 0.873. The van der Waals surface area contributed by atoms with Crippen molar-refractivity contribution in [3.63, 3.8) is 0 Å². The van der Waals surface area contributed by atoms with Crippen LogP contribution in [0.4, 0.5) is 5.69 Å². The van der Waals surface area contributed by atoms with Crippen molar-refractivity contribution < 1.29 is 0 Å². The van der Waals surface area contributed by atoms with E-state index in [1.54, 1.807) is 6.20 Å². The molecule has 0 amide bonds. The Morgan fingerprint density at radius 2 is 2.18 bits per heavy atom. The van der Waals surface area contributed by atoms with Crippen molar-refractivity contribution >= 4 is 38.4 Å². The van der Waals surface area contributed by atoms with Crippen molar-refractivity contribution in [1.29, 1.82) is 0 Å². The Kier molecular flexibility index (Phi) is 3.43. The van der Waals surface area contributed by atoms with Gasteiger partial charge in [0.15, 0.2) is 0 Å². The van der Waals surface area contributed by atoms with E-state index >= 15 is 0 Å². The monoisotopic (exact) mass is 291 g/mol. The molecule has 4 heteroatoms. The Labute approximate surface area is 109 Å². The Morgan fingerprint density at radius 3 is 2.88 bits per heavy atom. The molecule has 0 bridgehead atoms. The fraction of sp³-hybridized carbons (Fsp3) is 0.231. The minimum atomic E-state index is 0.237. The third-order valence-corrected chi connectivity index (χ3v) is 2.93. The summed E-state index contributed by atoms with van der Waals surface area (Å²) in [6.07, 6.45) is 1.77. The molecule has 0 atom stereocenters. The highest BCUT2D eigenvalue weighted by Gasteiger charge is 2.04. The number of para-hydroxylation sites is 1. The highest BCUT2D eigenvalue weighted by atomic mass is 79.9. The lowest BCUT2D eigenvalue weighted by Crippen LogP contribution is -2.18. The summed E-state index contributed by atoms with van der Waals surface area (Å²) in [6.45, 7) is 4.04. The van der Waals surface area contributed by atoms with Crippen LogP contribution in [-0.4, -0.2) is 10.8 Å². The fourth-order valence-corrected chi connectivity index (χ4v) is 1.83. The highest BCUT2D eigenvalue weighted by Crippen LogP contribution is 2.26. The van der Waals surface area contributed by atoms with E-state index in [2.05, 4.69) is 25.9 Å². The lowest BCUT2D eigenvalue weighted by Gasteiger charge is -2.06. The average Bonchev–Trinajstić information content (AvgIpc) is 2.28. The molecule has 0 saturated carbocycles. The highest BCUT2D eigenvalue weighted by molar-refractivity contribution is 9.10. The SMILES string of the molecule is CC(C)C(N)=Nc1cccc2cc(Br)cnc12. The van der Waals surface area contributed by atoms with E-state index in [9.17, 15) is 0 Å². The molecule has 0 unspecified atom stereocenters. The standard InChI is InChI=1S/C13H14BrN3/c1-8(2)13(15)17-11-5-3-4-9-6-10(14)7-16-12(9)11/h3-8H,1-2H3,(H2,15,17). The van der Waals surface area contributed by atoms with Gasteiger partial charge >= 0.3 is 0 Å². The fourth-order valence-electron chi connectivity index (χ4n) is 1.48. The quantitative estimate of drug-likeness (QED) is 0.678. The minimum Gasteiger partial charge on any atom is -0.387 e. The minimum absolute atomic E-state index is 0.237. The molecule has 2 rings (SSSR count). The number of rotatable bonds is 2. The molecule has 0 aliphatic rings. The largest absolute Gasteiger partial charge is 0.387 e. The van der Waals surface area contributed by atoms with Crippen molar-refractivity contribution in [3.8, 4) is 0 Å². The predicted molar refractivity (Wildman–Crippen MR) is 75.6 cm³/mol. The van der Waals surface area contributed by atoms with Crippen LogP contribution in [0.3, 0.4) is 0 Å². The molecule has 2 aromatic rings. The maximum atomic E-state index is 5.88. The number of nitrogens with zero attached hydrogens (tertiary/aromatic N) is 2. The average molecular weight is 292 g/mol. The smallest absolute Gasteiger partial charge is 0.102 e. The zero-order valence-electron chi connectivity index (χ0n) is 9.81. The number of benzene rings is 1. The zero-order valence-corrected chi connectivity index (χ0v) is 11.4. The topological polar surface area (TPSA) is 51.3 Å². The molecule has 0 aliphatic carbocycles. The summed E-state index contributed by atoms with van der Waals surface area (Å²) in [5.74, 6) is 0.864. The second-order valence-electron chi connectivity index (χ2n) is 4.19. The van der Waals surface area contributed by atoms with Gasteiger partial charge < -0.3 is 5.73 Å². The summed E-state index contributed by atoms with van der Waals surface area (Å²) < 4.78 is 0.961. The van der Waals surface area contributed by atoms with Crippen LogP contribution in [0.5, 0.6) is 0 Å². The summed E-state index contributed by atoms with van der Waals surface area (Å²) in [5, 5.41) is 1.05. The first kappa shape index (κ1) is 12.0. The lowest BCUT2D eigenvalue weighted by atomic mass is 10.2. The second-order valence-corrected chi connectivity index (χ2v) is 5.11. The number of halogens is 1. The molecule has 0 saturated heterocycles. The van der Waals surface area contributed by atoms with Gasteiger partial charge in [-0.3, -0.25) is 4.98 Å². The Morgan fingerprint density at radius 1 is 1.41 bits per heavy atom. The van der Waals surface area contributed by atoms with Gasteiger partial charge in [0, 0.05) is 22.0 Å². The van der Waals surface area contributed by atoms with Gasteiger partial charge in [0.2, 0.25) is 0 Å². The first-order valence-electron chi connectivity index (χ1n) is 5.46. The van der Waals surface area contributed by atoms with Crippen LogP contribution in [0.1, 0.15) is 13.8 Å². The van der Waals surface area contributed by atoms with Gasteiger partial charge in [-0.15, -0.1) is 0 Å². The molecule has 1 aromatic heterocycles. The molecular formula is C13H14BrN3. The number of aromatic nitrogens is 1. The number of pyridine rings is 1. The predicted octanol–water partition coefficient (Wildman–Crippen LogP) is 3.64. The summed E-state index contributed by atoms with van der Waals surface area (Å²) in [4.78, 5) is 8.82. The number of amidine groups is 1. The Balaban J connectivity index is 2.59. The van der Waals surface area contributed by atoms with Crippen molar-refractivity contribution in [2.45, 2.75) is 13.8 Å². The van der Waals surface area contributed by atoms with Gasteiger partial charge in [0.1, 0.15) is 5.84 Å². The number of hydrogen-bond acceptors (Lipinski definition) is 2. The number of aliphatic imine (C=N–C) groups is 1. The van der Waals surface area contributed by atoms with Crippen LogP contribution in [-0.2, 0) is 0 Å². The molecule has 1 heterocycles. The first-order chi connectivity index (χ1) is 8.08. The third kappa shape index (κ3) is 2.64. The summed E-state index contributed by atoms with van der Waals surface area (Å²) in [7, 11) is 0. The van der Waals surface area contributed by atoms with E-state index in [0.717, 1.165) is 21.1 Å². The van der Waals surface area contributed by atoms with Crippen LogP contribution in [0.25, 0.3) is 10.9 Å². The Hall–Kier alpha value is -1.42. The molecule has 3 nitrogen and oxygen atoms in total. The molecule has 0 radical (unpaired) electrons. The maximum Gasteiger partial charge on any atom is 0.102 e. The van der Waals surface area contributed by atoms with E-state index in [-0.39, 0.29) is 5.92 Å². The molecule has 2 N–H and O–H groups in total. The number of hydrogen-bond donors (Lipinski definition) is 1. The number of fused-ring (bicyclic) bond motifs is 1. The van der Waals surface area contributed by atoms with Crippen molar-refractivity contribution in [1.82, 2.24) is 4.98 Å². The molecular weight excluding hydrogens is 278 g/mol. The van der Waals surface area contributed by atoms with Gasteiger partial charge in [0.05, 0.1) is 11.2 Å². The molecule has 0 aliphatic heterocycles. The van der Waals surface area contributed by atoms with Crippen LogP contribution in [0.2, 0.25) is 0 Å². The Bertz CT molecular complexity index is 576. The summed E-state index contributed by atoms with van der Waals surface area (Å²) in [6, 6.07) is 7.92. The van der Waals surface area contributed by atoms with E-state index in [1.165, 1.54) is 0 Å². The van der Waals surface area contributed by atoms with E-state index in [1.807, 2.05) is 38.1 Å². The molecule has 0 fully saturated rings.